The lowest BCUT2D eigenvalue weighted by atomic mass is 9.98. The minimum Gasteiger partial charge on any atom is -0.496 e. The van der Waals surface area contributed by atoms with E-state index in [4.69, 9.17) is 4.74 Å². The number of piperidine rings is 1. The molecule has 2 heterocycles. The Balaban J connectivity index is 1.89. The van der Waals surface area contributed by atoms with Crippen LogP contribution < -0.4 is 9.64 Å². The van der Waals surface area contributed by atoms with E-state index in [2.05, 4.69) is 9.97 Å². The van der Waals surface area contributed by atoms with Gasteiger partial charge in [0.2, 0.25) is 0 Å². The Bertz CT molecular complexity index is 705. The predicted molar refractivity (Wildman–Crippen MR) is 86.6 cm³/mol. The van der Waals surface area contributed by atoms with E-state index in [0.717, 1.165) is 42.2 Å². The Hall–Kier alpha value is -2.63. The van der Waals surface area contributed by atoms with E-state index in [1.54, 1.807) is 7.11 Å². The number of aliphatic carboxylic acids is 1. The van der Waals surface area contributed by atoms with Crippen LogP contribution in [0.2, 0.25) is 0 Å². The second-order valence-electron chi connectivity index (χ2n) is 5.59. The zero-order valence-electron chi connectivity index (χ0n) is 13.0. The molecule has 1 aromatic heterocycles. The fourth-order valence-electron chi connectivity index (χ4n) is 2.91. The fraction of sp³-hybridized carbons (Fsp3) is 0.353. The predicted octanol–water partition coefficient (Wildman–Crippen LogP) is 2.45. The largest absolute Gasteiger partial charge is 0.496 e. The van der Waals surface area contributed by atoms with Crippen LogP contribution in [0.25, 0.3) is 11.3 Å². The van der Waals surface area contributed by atoms with E-state index in [9.17, 15) is 9.90 Å². The van der Waals surface area contributed by atoms with Crippen LogP contribution in [0.3, 0.4) is 0 Å². The van der Waals surface area contributed by atoms with Gasteiger partial charge in [-0.25, -0.2) is 9.97 Å². The first-order chi connectivity index (χ1) is 11.2. The third-order valence-corrected chi connectivity index (χ3v) is 4.13. The van der Waals surface area contributed by atoms with E-state index in [1.807, 2.05) is 35.2 Å². The van der Waals surface area contributed by atoms with Crippen molar-refractivity contribution >= 4 is 11.8 Å². The summed E-state index contributed by atoms with van der Waals surface area (Å²) in [5.74, 6) is 0.424. The van der Waals surface area contributed by atoms with E-state index in [1.165, 1.54) is 6.33 Å². The van der Waals surface area contributed by atoms with Crippen LogP contribution in [-0.4, -0.2) is 41.2 Å². The van der Waals surface area contributed by atoms with Gasteiger partial charge in [0, 0.05) is 24.7 Å². The molecule has 1 aliphatic heterocycles. The minimum atomic E-state index is -0.742. The highest BCUT2D eigenvalue weighted by Gasteiger charge is 2.26. The van der Waals surface area contributed by atoms with E-state index < -0.39 is 5.97 Å². The van der Waals surface area contributed by atoms with Gasteiger partial charge in [0.15, 0.2) is 0 Å². The van der Waals surface area contributed by atoms with Crippen molar-refractivity contribution in [1.29, 1.82) is 0 Å². The maximum Gasteiger partial charge on any atom is 0.308 e. The first-order valence-corrected chi connectivity index (χ1v) is 7.62. The van der Waals surface area contributed by atoms with Crippen molar-refractivity contribution in [3.63, 3.8) is 0 Å². The van der Waals surface area contributed by atoms with Gasteiger partial charge in [-0.3, -0.25) is 4.79 Å². The number of para-hydroxylation sites is 1. The summed E-state index contributed by atoms with van der Waals surface area (Å²) in [5.41, 5.74) is 1.66. The number of benzene rings is 1. The van der Waals surface area contributed by atoms with Crippen LogP contribution >= 0.6 is 0 Å². The maximum atomic E-state index is 11.2. The molecular weight excluding hydrogens is 294 g/mol. The lowest BCUT2D eigenvalue weighted by Gasteiger charge is -2.31. The maximum absolute atomic E-state index is 11.2. The van der Waals surface area contributed by atoms with Crippen LogP contribution in [-0.2, 0) is 4.79 Å². The molecule has 3 rings (SSSR count). The highest BCUT2D eigenvalue weighted by atomic mass is 16.5. The molecule has 1 fully saturated rings. The summed E-state index contributed by atoms with van der Waals surface area (Å²) < 4.78 is 5.38. The fourth-order valence-corrected chi connectivity index (χ4v) is 2.91. The van der Waals surface area contributed by atoms with E-state index in [-0.39, 0.29) is 5.92 Å². The summed E-state index contributed by atoms with van der Waals surface area (Å²) in [6, 6.07) is 9.56. The summed E-state index contributed by atoms with van der Waals surface area (Å²) >= 11 is 0. The summed E-state index contributed by atoms with van der Waals surface area (Å²) in [6.07, 6.45) is 3.09. The van der Waals surface area contributed by atoms with Gasteiger partial charge in [-0.1, -0.05) is 12.1 Å². The highest BCUT2D eigenvalue weighted by molar-refractivity contribution is 5.72. The van der Waals surface area contributed by atoms with Gasteiger partial charge in [-0.15, -0.1) is 0 Å². The number of methoxy groups -OCH3 is 1. The average Bonchev–Trinajstić information content (AvgIpc) is 2.62. The van der Waals surface area contributed by atoms with Crippen molar-refractivity contribution < 1.29 is 14.6 Å². The molecule has 0 aliphatic carbocycles. The van der Waals surface area contributed by atoms with Crippen LogP contribution in [0.5, 0.6) is 5.75 Å². The van der Waals surface area contributed by atoms with Crippen molar-refractivity contribution in [2.75, 3.05) is 25.1 Å². The van der Waals surface area contributed by atoms with Gasteiger partial charge >= 0.3 is 5.97 Å². The second-order valence-corrected chi connectivity index (χ2v) is 5.59. The molecule has 1 aliphatic rings. The molecule has 0 amide bonds. The molecule has 1 atom stereocenters. The molecule has 0 saturated carbocycles. The van der Waals surface area contributed by atoms with Crippen molar-refractivity contribution in [3.8, 4) is 17.0 Å². The van der Waals surface area contributed by atoms with Gasteiger partial charge in [-0.2, -0.15) is 0 Å². The molecule has 1 aromatic carbocycles. The summed E-state index contributed by atoms with van der Waals surface area (Å²) in [4.78, 5) is 21.9. The zero-order chi connectivity index (χ0) is 16.2. The number of nitrogens with zero attached hydrogens (tertiary/aromatic N) is 3. The number of hydrogen-bond acceptors (Lipinski definition) is 5. The molecule has 0 spiro atoms. The van der Waals surface area contributed by atoms with Crippen molar-refractivity contribution in [1.82, 2.24) is 9.97 Å². The average molecular weight is 313 g/mol. The number of carboxylic acids is 1. The van der Waals surface area contributed by atoms with Crippen LogP contribution in [0.1, 0.15) is 12.8 Å². The molecule has 6 nitrogen and oxygen atoms in total. The van der Waals surface area contributed by atoms with Gasteiger partial charge < -0.3 is 14.7 Å². The molecule has 1 N–H and O–H groups in total. The van der Waals surface area contributed by atoms with Crippen LogP contribution in [0, 0.1) is 5.92 Å². The van der Waals surface area contributed by atoms with E-state index in [0.29, 0.717) is 6.54 Å². The molecule has 2 aromatic rings. The number of rotatable bonds is 4. The molecule has 1 saturated heterocycles. The number of anilines is 1. The van der Waals surface area contributed by atoms with Gasteiger partial charge in [0.1, 0.15) is 17.9 Å². The van der Waals surface area contributed by atoms with Gasteiger partial charge in [0.25, 0.3) is 0 Å². The Morgan fingerprint density at radius 2 is 2.17 bits per heavy atom. The van der Waals surface area contributed by atoms with E-state index >= 15 is 0 Å². The van der Waals surface area contributed by atoms with Gasteiger partial charge in [0.05, 0.1) is 18.7 Å². The first-order valence-electron chi connectivity index (χ1n) is 7.62. The molecule has 0 bridgehead atoms. The minimum absolute atomic E-state index is 0.339. The number of carboxylic acid groups (broad SMARTS) is 1. The number of ether oxygens (including phenoxy) is 1. The van der Waals surface area contributed by atoms with Crippen molar-refractivity contribution in [2.45, 2.75) is 12.8 Å². The summed E-state index contributed by atoms with van der Waals surface area (Å²) in [7, 11) is 1.63. The number of hydrogen-bond donors (Lipinski definition) is 1. The van der Waals surface area contributed by atoms with Crippen molar-refractivity contribution in [2.24, 2.45) is 5.92 Å². The topological polar surface area (TPSA) is 75.5 Å². The number of aromatic nitrogens is 2. The third-order valence-electron chi connectivity index (χ3n) is 4.13. The normalized spacial score (nSPS) is 17.8. The molecular formula is C17H19N3O3. The molecule has 0 radical (unpaired) electrons. The molecule has 6 heteroatoms. The monoisotopic (exact) mass is 313 g/mol. The second kappa shape index (κ2) is 6.64. The van der Waals surface area contributed by atoms with Crippen LogP contribution in [0.15, 0.2) is 36.7 Å². The quantitative estimate of drug-likeness (QED) is 0.934. The van der Waals surface area contributed by atoms with Crippen molar-refractivity contribution in [3.05, 3.63) is 36.7 Å². The Labute approximate surface area is 134 Å². The molecule has 120 valence electrons. The zero-order valence-corrected chi connectivity index (χ0v) is 13.0. The lowest BCUT2D eigenvalue weighted by molar-refractivity contribution is -0.141. The number of carbonyl (C=O) groups is 1. The molecule has 1 unspecified atom stereocenters. The Morgan fingerprint density at radius 1 is 1.35 bits per heavy atom. The summed E-state index contributed by atoms with van der Waals surface area (Å²) in [5, 5.41) is 9.23. The highest BCUT2D eigenvalue weighted by Crippen LogP contribution is 2.30. The Morgan fingerprint density at radius 3 is 2.96 bits per heavy atom. The smallest absolute Gasteiger partial charge is 0.308 e. The third kappa shape index (κ3) is 3.26. The standard InChI is InChI=1S/C17H19N3O3/c1-23-15-7-3-2-6-13(15)14-9-16(19-11-18-14)20-8-4-5-12(10-20)17(21)22/h2-3,6-7,9,11-12H,4-5,8,10H2,1H3,(H,21,22). The lowest BCUT2D eigenvalue weighted by Crippen LogP contribution is -2.39. The van der Waals surface area contributed by atoms with Gasteiger partial charge in [-0.05, 0) is 25.0 Å². The molecule has 23 heavy (non-hydrogen) atoms. The Kier molecular flexibility index (Phi) is 4.41. The summed E-state index contributed by atoms with van der Waals surface area (Å²) in [6.45, 7) is 1.30. The SMILES string of the molecule is COc1ccccc1-c1cc(N2CCCC(C(=O)O)C2)ncn1. The first kappa shape index (κ1) is 15.3. The van der Waals surface area contributed by atoms with Crippen LogP contribution in [0.4, 0.5) is 5.82 Å².